The fraction of sp³-hybridized carbons (Fsp3) is 0.286. The van der Waals surface area contributed by atoms with Crippen molar-refractivity contribution in [3.05, 3.63) is 40.8 Å². The number of nitrogens with zero attached hydrogens (tertiary/aromatic N) is 3. The Bertz CT molecular complexity index is 784. The van der Waals surface area contributed by atoms with Gasteiger partial charge in [0.15, 0.2) is 5.82 Å². The molecular formula is C14H14ClN5O2. The van der Waals surface area contributed by atoms with Crippen molar-refractivity contribution in [3.8, 4) is 0 Å². The zero-order valence-corrected chi connectivity index (χ0v) is 12.6. The minimum Gasteiger partial charge on any atom is -0.466 e. The zero-order chi connectivity index (χ0) is 15.5. The van der Waals surface area contributed by atoms with Crippen molar-refractivity contribution in [2.45, 2.75) is 19.3 Å². The lowest BCUT2D eigenvalue weighted by Crippen LogP contribution is -2.12. The molecular weight excluding hydrogens is 306 g/mol. The number of esters is 1. The smallest absolute Gasteiger partial charge is 0.306 e. The highest BCUT2D eigenvalue weighted by Crippen LogP contribution is 2.32. The molecule has 0 aliphatic heterocycles. The molecule has 1 aromatic carbocycles. The average Bonchev–Trinajstić information content (AvgIpc) is 3.14. The van der Waals surface area contributed by atoms with Gasteiger partial charge in [0.05, 0.1) is 18.9 Å². The number of tetrazole rings is 1. The third-order valence-electron chi connectivity index (χ3n) is 3.40. The first-order chi connectivity index (χ1) is 10.7. The topological polar surface area (TPSA) is 96.6 Å². The van der Waals surface area contributed by atoms with E-state index < -0.39 is 0 Å². The maximum absolute atomic E-state index is 11.9. The molecule has 0 fully saturated rings. The fourth-order valence-electron chi connectivity index (χ4n) is 2.45. The molecule has 1 atom stereocenters. The standard InChI is InChI=1S/C14H14ClN5O2/c1-2-22-13(21)6-10(14-17-19-20-18-14)11-7-16-12-5-8(15)3-4-9(11)12/h3-5,7,10,16H,2,6H2,1H3,(H,17,18,19,20). The summed E-state index contributed by atoms with van der Waals surface area (Å²) in [6, 6.07) is 5.54. The molecule has 0 aliphatic carbocycles. The van der Waals surface area contributed by atoms with Crippen LogP contribution in [0.3, 0.4) is 0 Å². The summed E-state index contributed by atoms with van der Waals surface area (Å²) in [7, 11) is 0. The van der Waals surface area contributed by atoms with Gasteiger partial charge >= 0.3 is 5.97 Å². The minimum atomic E-state index is -0.340. The number of rotatable bonds is 5. The second-order valence-electron chi connectivity index (χ2n) is 4.77. The molecule has 2 aromatic heterocycles. The number of ether oxygens (including phenoxy) is 1. The van der Waals surface area contributed by atoms with Gasteiger partial charge in [0, 0.05) is 22.1 Å². The monoisotopic (exact) mass is 319 g/mol. The van der Waals surface area contributed by atoms with E-state index in [2.05, 4.69) is 25.6 Å². The average molecular weight is 320 g/mol. The number of halogens is 1. The van der Waals surface area contributed by atoms with E-state index in [9.17, 15) is 4.79 Å². The first-order valence-electron chi connectivity index (χ1n) is 6.84. The lowest BCUT2D eigenvalue weighted by Gasteiger charge is -2.11. The summed E-state index contributed by atoms with van der Waals surface area (Å²) in [6.45, 7) is 2.11. The lowest BCUT2D eigenvalue weighted by atomic mass is 9.94. The number of carbonyl (C=O) groups excluding carboxylic acids is 1. The minimum absolute atomic E-state index is 0.142. The molecule has 7 nitrogen and oxygen atoms in total. The van der Waals surface area contributed by atoms with Gasteiger partial charge in [-0.25, -0.2) is 0 Å². The first-order valence-corrected chi connectivity index (χ1v) is 7.22. The van der Waals surface area contributed by atoms with Gasteiger partial charge in [0.2, 0.25) is 0 Å². The molecule has 0 saturated heterocycles. The number of fused-ring (bicyclic) bond motifs is 1. The number of nitrogens with one attached hydrogen (secondary N) is 2. The Morgan fingerprint density at radius 3 is 3.05 bits per heavy atom. The number of aromatic nitrogens is 5. The second-order valence-corrected chi connectivity index (χ2v) is 5.20. The molecule has 0 aliphatic rings. The van der Waals surface area contributed by atoms with Crippen LogP contribution in [0.1, 0.15) is 30.7 Å². The molecule has 0 bridgehead atoms. The van der Waals surface area contributed by atoms with Gasteiger partial charge in [-0.15, -0.1) is 10.2 Å². The van der Waals surface area contributed by atoms with Crippen LogP contribution in [-0.2, 0) is 9.53 Å². The normalized spacial score (nSPS) is 12.5. The van der Waals surface area contributed by atoms with Crippen molar-refractivity contribution in [1.82, 2.24) is 25.6 Å². The van der Waals surface area contributed by atoms with Crippen molar-refractivity contribution in [1.29, 1.82) is 0 Å². The fourth-order valence-corrected chi connectivity index (χ4v) is 2.63. The molecule has 1 unspecified atom stereocenters. The highest BCUT2D eigenvalue weighted by Gasteiger charge is 2.25. The predicted octanol–water partition coefficient (Wildman–Crippen LogP) is 2.42. The number of H-pyrrole nitrogens is 2. The van der Waals surface area contributed by atoms with Crippen LogP contribution >= 0.6 is 11.6 Å². The van der Waals surface area contributed by atoms with Crippen LogP contribution in [0.15, 0.2) is 24.4 Å². The number of benzene rings is 1. The van der Waals surface area contributed by atoms with Crippen molar-refractivity contribution < 1.29 is 9.53 Å². The Morgan fingerprint density at radius 2 is 2.32 bits per heavy atom. The third kappa shape index (κ3) is 2.80. The summed E-state index contributed by atoms with van der Waals surface area (Å²) in [4.78, 5) is 15.0. The largest absolute Gasteiger partial charge is 0.466 e. The van der Waals surface area contributed by atoms with E-state index >= 15 is 0 Å². The van der Waals surface area contributed by atoms with Crippen LogP contribution in [0, 0.1) is 0 Å². The van der Waals surface area contributed by atoms with Gasteiger partial charge < -0.3 is 9.72 Å². The summed E-state index contributed by atoms with van der Waals surface area (Å²) >= 11 is 6.00. The molecule has 2 heterocycles. The number of aromatic amines is 2. The molecule has 0 radical (unpaired) electrons. The molecule has 2 N–H and O–H groups in total. The zero-order valence-electron chi connectivity index (χ0n) is 11.8. The van der Waals surface area contributed by atoms with Crippen molar-refractivity contribution in [3.63, 3.8) is 0 Å². The van der Waals surface area contributed by atoms with Gasteiger partial charge in [0.1, 0.15) is 0 Å². The lowest BCUT2D eigenvalue weighted by molar-refractivity contribution is -0.143. The summed E-state index contributed by atoms with van der Waals surface area (Å²) in [5, 5.41) is 15.6. The Kier molecular flexibility index (Phi) is 4.06. The van der Waals surface area contributed by atoms with E-state index in [1.807, 2.05) is 18.3 Å². The summed E-state index contributed by atoms with van der Waals surface area (Å²) in [6.07, 6.45) is 1.98. The maximum Gasteiger partial charge on any atom is 0.306 e. The molecule has 22 heavy (non-hydrogen) atoms. The quantitative estimate of drug-likeness (QED) is 0.704. The van der Waals surface area contributed by atoms with Gasteiger partial charge in [-0.05, 0) is 24.6 Å². The molecule has 3 rings (SSSR count). The Balaban J connectivity index is 2.02. The first kappa shape index (κ1) is 14.5. The number of carbonyl (C=O) groups is 1. The van der Waals surface area contributed by atoms with E-state index in [1.165, 1.54) is 0 Å². The highest BCUT2D eigenvalue weighted by atomic mass is 35.5. The molecule has 3 aromatic rings. The number of hydrogen-bond acceptors (Lipinski definition) is 5. The van der Waals surface area contributed by atoms with E-state index in [1.54, 1.807) is 13.0 Å². The van der Waals surface area contributed by atoms with E-state index in [0.29, 0.717) is 17.5 Å². The van der Waals surface area contributed by atoms with Crippen LogP contribution in [0.25, 0.3) is 10.9 Å². The third-order valence-corrected chi connectivity index (χ3v) is 3.64. The van der Waals surface area contributed by atoms with Gasteiger partial charge in [0.25, 0.3) is 0 Å². The molecule has 0 saturated carbocycles. The summed E-state index contributed by atoms with van der Waals surface area (Å²) < 4.78 is 5.04. The van der Waals surface area contributed by atoms with E-state index in [4.69, 9.17) is 16.3 Å². The highest BCUT2D eigenvalue weighted by molar-refractivity contribution is 6.31. The van der Waals surface area contributed by atoms with Gasteiger partial charge in [-0.2, -0.15) is 5.21 Å². The van der Waals surface area contributed by atoms with E-state index in [-0.39, 0.29) is 18.3 Å². The Morgan fingerprint density at radius 1 is 1.45 bits per heavy atom. The van der Waals surface area contributed by atoms with Crippen molar-refractivity contribution >= 4 is 28.5 Å². The molecule has 8 heteroatoms. The Labute approximate surface area is 131 Å². The van der Waals surface area contributed by atoms with Crippen LogP contribution in [0.4, 0.5) is 0 Å². The van der Waals surface area contributed by atoms with Crippen LogP contribution < -0.4 is 0 Å². The van der Waals surface area contributed by atoms with Crippen LogP contribution in [0.5, 0.6) is 0 Å². The van der Waals surface area contributed by atoms with Crippen molar-refractivity contribution in [2.75, 3.05) is 6.61 Å². The summed E-state index contributed by atoms with van der Waals surface area (Å²) in [5.74, 6) is -0.197. The molecule has 0 amide bonds. The second kappa shape index (κ2) is 6.15. The maximum atomic E-state index is 11.9. The van der Waals surface area contributed by atoms with Crippen molar-refractivity contribution in [2.24, 2.45) is 0 Å². The van der Waals surface area contributed by atoms with E-state index in [0.717, 1.165) is 16.5 Å². The predicted molar refractivity (Wildman–Crippen MR) is 80.6 cm³/mol. The van der Waals surface area contributed by atoms with Gasteiger partial charge in [-0.3, -0.25) is 4.79 Å². The van der Waals surface area contributed by atoms with Crippen LogP contribution in [0.2, 0.25) is 5.02 Å². The molecule has 114 valence electrons. The number of hydrogen-bond donors (Lipinski definition) is 2. The SMILES string of the molecule is CCOC(=O)CC(c1nn[nH]n1)c1c[nH]c2cc(Cl)ccc12. The Hall–Kier alpha value is -2.41. The van der Waals surface area contributed by atoms with Crippen LogP contribution in [-0.4, -0.2) is 38.2 Å². The molecule has 0 spiro atoms. The summed E-state index contributed by atoms with van der Waals surface area (Å²) in [5.41, 5.74) is 1.79. The van der Waals surface area contributed by atoms with Gasteiger partial charge in [-0.1, -0.05) is 22.9 Å².